The number of carbonyl (C=O) groups excluding carboxylic acids is 4. The second kappa shape index (κ2) is 11.4. The zero-order valence-corrected chi connectivity index (χ0v) is 18.9. The van der Waals surface area contributed by atoms with Crippen molar-refractivity contribution in [2.75, 3.05) is 6.54 Å². The lowest BCUT2D eigenvalue weighted by Crippen LogP contribution is -2.46. The molecule has 3 rings (SSSR count). The Morgan fingerprint density at radius 2 is 1.91 bits per heavy atom. The van der Waals surface area contributed by atoms with E-state index in [9.17, 15) is 19.2 Å². The smallest absolute Gasteiger partial charge is 0.408 e. The number of nitrogens with zero attached hydrogens (tertiary/aromatic N) is 1. The highest BCUT2D eigenvalue weighted by Gasteiger charge is 2.33. The summed E-state index contributed by atoms with van der Waals surface area (Å²) in [7, 11) is 0. The lowest BCUT2D eigenvalue weighted by atomic mass is 9.86. The zero-order chi connectivity index (χ0) is 23.8. The Kier molecular flexibility index (Phi) is 8.29. The van der Waals surface area contributed by atoms with Crippen LogP contribution >= 0.6 is 0 Å². The third-order valence-corrected chi connectivity index (χ3v) is 5.65. The van der Waals surface area contributed by atoms with Gasteiger partial charge in [0, 0.05) is 37.2 Å². The molecule has 2 heterocycles. The molecule has 2 N–H and O–H groups in total. The minimum Gasteiger partial charge on any atom is -0.445 e. The van der Waals surface area contributed by atoms with Crippen molar-refractivity contribution in [1.29, 1.82) is 0 Å². The summed E-state index contributed by atoms with van der Waals surface area (Å²) in [6.45, 7) is 4.01. The largest absolute Gasteiger partial charge is 0.445 e. The molecule has 0 aliphatic carbocycles. The number of fused-ring (bicyclic) bond motifs is 1. The lowest BCUT2D eigenvalue weighted by molar-refractivity contribution is -0.141. The maximum atomic E-state index is 13.1. The fraction of sp³-hybridized carbons (Fsp3) is 0.400. The number of pyridine rings is 1. The highest BCUT2D eigenvalue weighted by Crippen LogP contribution is 2.20. The number of nitrogens with one attached hydrogen (secondary N) is 2. The highest BCUT2D eigenvalue weighted by molar-refractivity contribution is 6.37. The molecule has 2 atom stereocenters. The molecule has 0 spiro atoms. The van der Waals surface area contributed by atoms with Gasteiger partial charge in [-0.15, -0.1) is 0 Å². The number of amides is 2. The summed E-state index contributed by atoms with van der Waals surface area (Å²) >= 11 is 0. The minimum atomic E-state index is -0.854. The predicted molar refractivity (Wildman–Crippen MR) is 121 cm³/mol. The molecule has 33 heavy (non-hydrogen) atoms. The SMILES string of the molecule is CC(C)C(NC(=O)OCc1ccccc1)C(=O)CC1Cc2ncccc2CCNC(=O)C1=O. The molecule has 1 aliphatic rings. The van der Waals surface area contributed by atoms with Crippen molar-refractivity contribution >= 4 is 23.6 Å². The van der Waals surface area contributed by atoms with E-state index >= 15 is 0 Å². The number of carbonyl (C=O) groups is 4. The van der Waals surface area contributed by atoms with Crippen molar-refractivity contribution in [2.45, 2.75) is 45.8 Å². The van der Waals surface area contributed by atoms with Gasteiger partial charge in [0.05, 0.1) is 6.04 Å². The first-order valence-corrected chi connectivity index (χ1v) is 11.1. The number of benzene rings is 1. The maximum absolute atomic E-state index is 13.1. The third kappa shape index (κ3) is 6.71. The van der Waals surface area contributed by atoms with Crippen LogP contribution in [0.15, 0.2) is 48.7 Å². The van der Waals surface area contributed by atoms with E-state index in [-0.39, 0.29) is 31.1 Å². The number of ether oxygens (including phenoxy) is 1. The molecule has 1 aromatic carbocycles. The fourth-order valence-corrected chi connectivity index (χ4v) is 3.84. The van der Waals surface area contributed by atoms with Crippen molar-refractivity contribution in [2.24, 2.45) is 11.8 Å². The van der Waals surface area contributed by atoms with Crippen LogP contribution in [0.4, 0.5) is 4.79 Å². The Morgan fingerprint density at radius 3 is 2.64 bits per heavy atom. The molecule has 0 radical (unpaired) electrons. The Balaban J connectivity index is 1.69. The molecule has 2 amide bonds. The summed E-state index contributed by atoms with van der Waals surface area (Å²) in [6.07, 6.45) is 1.50. The van der Waals surface area contributed by atoms with Gasteiger partial charge < -0.3 is 15.4 Å². The van der Waals surface area contributed by atoms with E-state index in [1.54, 1.807) is 26.1 Å². The van der Waals surface area contributed by atoms with Crippen molar-refractivity contribution in [1.82, 2.24) is 15.6 Å². The molecule has 174 valence electrons. The predicted octanol–water partition coefficient (Wildman–Crippen LogP) is 2.39. The van der Waals surface area contributed by atoms with Crippen LogP contribution in [0.25, 0.3) is 0 Å². The molecule has 8 heteroatoms. The minimum absolute atomic E-state index is 0.0788. The van der Waals surface area contributed by atoms with Gasteiger partial charge in [-0.1, -0.05) is 50.2 Å². The Labute approximate surface area is 193 Å². The van der Waals surface area contributed by atoms with Crippen LogP contribution in [-0.2, 0) is 38.6 Å². The van der Waals surface area contributed by atoms with E-state index in [2.05, 4.69) is 15.6 Å². The van der Waals surface area contributed by atoms with Gasteiger partial charge in [-0.3, -0.25) is 19.4 Å². The fourth-order valence-electron chi connectivity index (χ4n) is 3.84. The molecule has 2 aromatic rings. The maximum Gasteiger partial charge on any atom is 0.408 e. The molecule has 0 fully saturated rings. The summed E-state index contributed by atoms with van der Waals surface area (Å²) in [4.78, 5) is 54.9. The topological polar surface area (TPSA) is 114 Å². The lowest BCUT2D eigenvalue weighted by Gasteiger charge is -2.23. The number of rotatable bonds is 7. The standard InChI is InChI=1S/C25H29N3O5/c1-16(2)22(28-25(32)33-15-17-7-4-3-5-8-17)21(29)14-19-13-20-18(9-6-11-26-20)10-12-27-24(31)23(19)30/h3-9,11,16,19,22H,10,12-15H2,1-2H3,(H,27,31)(H,28,32). The van der Waals surface area contributed by atoms with Crippen molar-refractivity contribution in [3.63, 3.8) is 0 Å². The van der Waals surface area contributed by atoms with E-state index in [1.807, 2.05) is 36.4 Å². The van der Waals surface area contributed by atoms with Crippen LogP contribution in [-0.4, -0.2) is 41.1 Å². The monoisotopic (exact) mass is 451 g/mol. The Hall–Kier alpha value is -3.55. The van der Waals surface area contributed by atoms with E-state index in [0.29, 0.717) is 18.7 Å². The van der Waals surface area contributed by atoms with Gasteiger partial charge in [0.2, 0.25) is 5.78 Å². The van der Waals surface area contributed by atoms with Crippen molar-refractivity contribution in [3.05, 3.63) is 65.5 Å². The van der Waals surface area contributed by atoms with E-state index in [4.69, 9.17) is 4.74 Å². The summed E-state index contributed by atoms with van der Waals surface area (Å²) < 4.78 is 5.24. The molecule has 0 bridgehead atoms. The van der Waals surface area contributed by atoms with Crippen LogP contribution in [0, 0.1) is 11.8 Å². The number of aromatic nitrogens is 1. The average molecular weight is 452 g/mol. The van der Waals surface area contributed by atoms with Crippen LogP contribution in [0.2, 0.25) is 0 Å². The zero-order valence-electron chi connectivity index (χ0n) is 18.9. The van der Waals surface area contributed by atoms with Crippen LogP contribution in [0.5, 0.6) is 0 Å². The van der Waals surface area contributed by atoms with Gasteiger partial charge in [-0.25, -0.2) is 4.79 Å². The number of ketones is 2. The molecule has 8 nitrogen and oxygen atoms in total. The summed E-state index contributed by atoms with van der Waals surface area (Å²) in [5.74, 6) is -2.75. The molecule has 0 saturated carbocycles. The first kappa shape index (κ1) is 24.1. The van der Waals surface area contributed by atoms with E-state index < -0.39 is 29.7 Å². The Morgan fingerprint density at radius 1 is 1.15 bits per heavy atom. The normalized spacial score (nSPS) is 17.1. The number of Topliss-reactive ketones (excluding diaryl/α,β-unsaturated/α-hetero) is 2. The van der Waals surface area contributed by atoms with Crippen LogP contribution < -0.4 is 10.6 Å². The van der Waals surface area contributed by atoms with Gasteiger partial charge in [-0.2, -0.15) is 0 Å². The summed E-state index contributed by atoms with van der Waals surface area (Å²) in [6, 6.07) is 12.1. The highest BCUT2D eigenvalue weighted by atomic mass is 16.5. The second-order valence-corrected chi connectivity index (χ2v) is 8.48. The molecular formula is C25H29N3O5. The molecule has 1 aromatic heterocycles. The van der Waals surface area contributed by atoms with Crippen molar-refractivity contribution < 1.29 is 23.9 Å². The molecule has 1 aliphatic heterocycles. The van der Waals surface area contributed by atoms with Crippen LogP contribution in [0.3, 0.4) is 0 Å². The third-order valence-electron chi connectivity index (χ3n) is 5.65. The van der Waals surface area contributed by atoms with Gasteiger partial charge in [0.25, 0.3) is 5.91 Å². The Bertz CT molecular complexity index is 1010. The second-order valence-electron chi connectivity index (χ2n) is 8.48. The van der Waals surface area contributed by atoms with E-state index in [0.717, 1.165) is 11.1 Å². The number of hydrogen-bond donors (Lipinski definition) is 2. The molecule has 2 unspecified atom stereocenters. The van der Waals surface area contributed by atoms with E-state index in [1.165, 1.54) is 0 Å². The quantitative estimate of drug-likeness (QED) is 0.625. The molecular weight excluding hydrogens is 422 g/mol. The first-order chi connectivity index (χ1) is 15.8. The van der Waals surface area contributed by atoms with Gasteiger partial charge >= 0.3 is 6.09 Å². The number of alkyl carbamates (subject to hydrolysis) is 1. The van der Waals surface area contributed by atoms with Gasteiger partial charge in [0.1, 0.15) is 6.61 Å². The van der Waals surface area contributed by atoms with Crippen molar-refractivity contribution in [3.8, 4) is 0 Å². The summed E-state index contributed by atoms with van der Waals surface area (Å²) in [5.41, 5.74) is 2.47. The molecule has 0 saturated heterocycles. The number of hydrogen-bond acceptors (Lipinski definition) is 6. The average Bonchev–Trinajstić information content (AvgIpc) is 2.86. The summed E-state index contributed by atoms with van der Waals surface area (Å²) in [5, 5.41) is 5.24. The van der Waals surface area contributed by atoms with Crippen LogP contribution in [0.1, 0.15) is 37.1 Å². The van der Waals surface area contributed by atoms with Gasteiger partial charge in [-0.05, 0) is 29.5 Å². The van der Waals surface area contributed by atoms with Gasteiger partial charge in [0.15, 0.2) is 5.78 Å². The first-order valence-electron chi connectivity index (χ1n) is 11.1.